The fraction of sp³-hybridized carbons (Fsp3) is 0.711. The van der Waals surface area contributed by atoms with E-state index in [0.717, 1.165) is 51.4 Å². The van der Waals surface area contributed by atoms with E-state index in [1.807, 2.05) is 36.5 Å². The van der Waals surface area contributed by atoms with E-state index in [1.165, 1.54) is 0 Å². The molecule has 3 amide bonds. The van der Waals surface area contributed by atoms with E-state index in [2.05, 4.69) is 16.0 Å². The van der Waals surface area contributed by atoms with E-state index >= 15 is 0 Å². The highest BCUT2D eigenvalue weighted by Crippen LogP contribution is 2.55. The number of rotatable bonds is 12. The van der Waals surface area contributed by atoms with E-state index in [4.69, 9.17) is 49.0 Å². The Morgan fingerprint density at radius 3 is 1.33 bits per heavy atom. The molecule has 6 saturated heterocycles. The molecule has 63 heavy (non-hydrogen) atoms. The molecule has 0 aromatic rings. The summed E-state index contributed by atoms with van der Waals surface area (Å²) >= 11 is 17.3. The van der Waals surface area contributed by atoms with Crippen LogP contribution >= 0.6 is 34.8 Å². The Balaban J connectivity index is 0.000000142. The van der Waals surface area contributed by atoms with E-state index < -0.39 is 81.3 Å². The van der Waals surface area contributed by atoms with Crippen molar-refractivity contribution in [3.05, 3.63) is 36.5 Å². The summed E-state index contributed by atoms with van der Waals surface area (Å²) in [5.41, 5.74) is -7.31. The second-order valence-corrected chi connectivity index (χ2v) is 19.8. The van der Waals surface area contributed by atoms with Gasteiger partial charge in [0.25, 0.3) is 0 Å². The summed E-state index contributed by atoms with van der Waals surface area (Å²) in [5, 5.41) is 29.7. The Labute approximate surface area is 381 Å². The first-order valence-electron chi connectivity index (χ1n) is 22.2. The summed E-state index contributed by atoms with van der Waals surface area (Å²) in [5.74, 6) is -4.11. The second kappa shape index (κ2) is 17.7. The van der Waals surface area contributed by atoms with E-state index in [9.17, 15) is 43.8 Å². The van der Waals surface area contributed by atoms with Crippen molar-refractivity contribution in [1.29, 1.82) is 0 Å². The van der Waals surface area contributed by atoms with Crippen LogP contribution in [-0.4, -0.2) is 115 Å². The maximum absolute atomic E-state index is 12.9. The predicted molar refractivity (Wildman–Crippen MR) is 229 cm³/mol. The number of halogens is 3. The molecular weight excluding hydrogens is 881 g/mol. The number of fused-ring (bicyclic) bond motifs is 3. The Morgan fingerprint density at radius 2 is 0.984 bits per heavy atom. The van der Waals surface area contributed by atoms with Crippen LogP contribution in [0.5, 0.6) is 0 Å². The van der Waals surface area contributed by atoms with Gasteiger partial charge in [0.2, 0.25) is 34.3 Å². The number of allylic oxidation sites excluding steroid dienone is 4. The molecule has 6 aliphatic heterocycles. The number of ether oxygens (including phenoxy) is 3. The van der Waals surface area contributed by atoms with Crippen molar-refractivity contribution in [3.63, 3.8) is 0 Å². The van der Waals surface area contributed by atoms with Gasteiger partial charge in [-0.1, -0.05) is 36.5 Å². The second-order valence-electron chi connectivity index (χ2n) is 18.7. The molecule has 0 aromatic heterocycles. The molecule has 0 spiro atoms. The van der Waals surface area contributed by atoms with Gasteiger partial charge < -0.3 is 40.4 Å². The summed E-state index contributed by atoms with van der Waals surface area (Å²) in [7, 11) is 0. The average Bonchev–Trinajstić information content (AvgIpc) is 3.66. The summed E-state index contributed by atoms with van der Waals surface area (Å²) in [6.45, 7) is 5.10. The van der Waals surface area contributed by atoms with Gasteiger partial charge in [-0.3, -0.25) is 19.2 Å². The highest BCUT2D eigenvalue weighted by molar-refractivity contribution is 6.21. The minimum absolute atomic E-state index is 0.138. The molecule has 0 bridgehead atoms. The number of Topliss-reactive ketones (excluding diaryl/α,β-unsaturated/α-hetero) is 1. The monoisotopic (exact) mass is 937 g/mol. The lowest BCUT2D eigenvalue weighted by atomic mass is 9.64. The fourth-order valence-electron chi connectivity index (χ4n) is 11.7. The molecular formula is C45H58Cl3N3O12. The molecule has 0 unspecified atom stereocenters. The number of aliphatic hydroxyl groups is 2. The molecule has 0 saturated carbocycles. The van der Waals surface area contributed by atoms with Crippen LogP contribution in [0.15, 0.2) is 36.5 Å². The third-order valence-electron chi connectivity index (χ3n) is 15.5. The number of ketones is 1. The molecule has 9 aliphatic rings. The standard InChI is InChI=1S/2C15H20ClNO4.C15H18ClNO4/c3*1-14-10(7-8-16)12(19)17-15(14,13(20)21-14)11(18)9-5-3-2-4-6-9/h2*3,5,9-11,18H,2,4,6-8H2,1H3,(H,17,19);3,5,9-10H,2,4,6-8H2,1H3,(H,17,19)/t9-,10+,11+,14+,15+;9-,10+,11-,14+,15+;9-,10+,14+,15+/m111/s1. The van der Waals surface area contributed by atoms with Gasteiger partial charge in [-0.25, -0.2) is 14.4 Å². The normalized spacial score (nSPS) is 42.2. The number of alkyl halides is 3. The summed E-state index contributed by atoms with van der Waals surface area (Å²) in [6, 6.07) is 0. The van der Waals surface area contributed by atoms with Crippen LogP contribution in [0, 0.1) is 35.5 Å². The number of hydrogen-bond acceptors (Lipinski definition) is 12. The van der Waals surface area contributed by atoms with Crippen molar-refractivity contribution in [2.75, 3.05) is 17.6 Å². The third kappa shape index (κ3) is 6.90. The molecule has 18 heteroatoms. The van der Waals surface area contributed by atoms with Crippen LogP contribution in [-0.2, 0) is 47.8 Å². The number of carbonyl (C=O) groups is 7. The topological polar surface area (TPSA) is 224 Å². The zero-order valence-corrected chi connectivity index (χ0v) is 38.1. The first-order chi connectivity index (χ1) is 29.9. The Kier molecular flexibility index (Phi) is 13.3. The first-order valence-corrected chi connectivity index (χ1v) is 23.8. The van der Waals surface area contributed by atoms with Gasteiger partial charge in [0.1, 0.15) is 0 Å². The molecule has 6 fully saturated rings. The van der Waals surface area contributed by atoms with Crippen LogP contribution in [0.2, 0.25) is 0 Å². The smallest absolute Gasteiger partial charge is 0.344 e. The highest BCUT2D eigenvalue weighted by atomic mass is 35.5. The van der Waals surface area contributed by atoms with Crippen molar-refractivity contribution in [3.8, 4) is 0 Å². The van der Waals surface area contributed by atoms with Crippen molar-refractivity contribution < 1.29 is 58.0 Å². The Hall–Kier alpha value is -3.50. The lowest BCUT2D eigenvalue weighted by Gasteiger charge is -2.54. The minimum atomic E-state index is -1.52. The first kappa shape index (κ1) is 47.5. The molecule has 5 N–H and O–H groups in total. The highest BCUT2D eigenvalue weighted by Gasteiger charge is 2.82. The van der Waals surface area contributed by atoms with E-state index in [0.29, 0.717) is 37.4 Å². The van der Waals surface area contributed by atoms with Crippen molar-refractivity contribution >= 4 is 76.2 Å². The van der Waals surface area contributed by atoms with Gasteiger partial charge >= 0.3 is 17.9 Å². The zero-order valence-electron chi connectivity index (χ0n) is 35.8. The van der Waals surface area contributed by atoms with Crippen LogP contribution in [0.1, 0.15) is 97.8 Å². The third-order valence-corrected chi connectivity index (χ3v) is 16.2. The van der Waals surface area contributed by atoms with Crippen molar-refractivity contribution in [2.45, 2.75) is 143 Å². The average molecular weight is 939 g/mol. The molecule has 14 atom stereocenters. The SMILES string of the molecule is C[C@@]12OC(=O)[C@]1(C(=O)[C@@H]1C=CCCC1)NC(=O)[C@@H]2CCCl.C[C@@]12OC(=O)[C@]1([C@@H](O)[C@@H]1C=CCCC1)NC(=O)[C@@H]2CCCl.C[C@@]12OC(=O)[C@]1([C@H](O)[C@@H]1C=CCCC1)NC(=O)[C@@H]2CCCl. The molecule has 0 radical (unpaired) electrons. The van der Waals surface area contributed by atoms with Gasteiger partial charge in [-0.2, -0.15) is 0 Å². The van der Waals surface area contributed by atoms with Crippen LogP contribution in [0.4, 0.5) is 0 Å². The molecule has 3 aliphatic carbocycles. The fourth-order valence-corrected chi connectivity index (χ4v) is 12.4. The molecule has 346 valence electrons. The van der Waals surface area contributed by atoms with Crippen LogP contribution in [0.25, 0.3) is 0 Å². The number of amides is 3. The van der Waals surface area contributed by atoms with Gasteiger partial charge in [0.15, 0.2) is 22.6 Å². The van der Waals surface area contributed by atoms with Crippen LogP contribution in [0.3, 0.4) is 0 Å². The number of esters is 3. The summed E-state index contributed by atoms with van der Waals surface area (Å²) in [4.78, 5) is 86.0. The molecule has 6 heterocycles. The van der Waals surface area contributed by atoms with Crippen molar-refractivity contribution in [2.24, 2.45) is 35.5 Å². The maximum Gasteiger partial charge on any atom is 0.344 e. The molecule has 15 nitrogen and oxygen atoms in total. The lowest BCUT2D eigenvalue weighted by Crippen LogP contribution is -2.80. The van der Waals surface area contributed by atoms with Crippen LogP contribution < -0.4 is 16.0 Å². The zero-order chi connectivity index (χ0) is 45.8. The molecule has 9 rings (SSSR count). The Bertz CT molecular complexity index is 1910. The minimum Gasteiger partial charge on any atom is -0.453 e. The van der Waals surface area contributed by atoms with Gasteiger partial charge in [0.05, 0.1) is 30.0 Å². The van der Waals surface area contributed by atoms with Gasteiger partial charge in [-0.15, -0.1) is 34.8 Å². The lowest BCUT2D eigenvalue weighted by molar-refractivity contribution is -0.239. The van der Waals surface area contributed by atoms with E-state index in [1.54, 1.807) is 20.8 Å². The quantitative estimate of drug-likeness (QED) is 0.0623. The van der Waals surface area contributed by atoms with Crippen molar-refractivity contribution in [1.82, 2.24) is 16.0 Å². The molecule has 0 aromatic carbocycles. The number of aliphatic hydroxyl groups excluding tert-OH is 2. The van der Waals surface area contributed by atoms with Gasteiger partial charge in [-0.05, 0) is 97.8 Å². The largest absolute Gasteiger partial charge is 0.453 e. The number of carbonyl (C=O) groups excluding carboxylic acids is 7. The maximum atomic E-state index is 12.9. The summed E-state index contributed by atoms with van der Waals surface area (Å²) in [6.07, 6.45) is 19.1. The number of nitrogens with one attached hydrogen (secondary N) is 3. The van der Waals surface area contributed by atoms with E-state index in [-0.39, 0.29) is 47.1 Å². The predicted octanol–water partition coefficient (Wildman–Crippen LogP) is 3.61. The summed E-state index contributed by atoms with van der Waals surface area (Å²) < 4.78 is 15.9. The Morgan fingerprint density at radius 1 is 0.603 bits per heavy atom. The number of hydrogen-bond donors (Lipinski definition) is 5. The van der Waals surface area contributed by atoms with Gasteiger partial charge in [0, 0.05) is 35.4 Å².